The van der Waals surface area contributed by atoms with Crippen molar-refractivity contribution in [1.29, 1.82) is 10.5 Å². The van der Waals surface area contributed by atoms with Gasteiger partial charge < -0.3 is 10.2 Å². The van der Waals surface area contributed by atoms with E-state index in [2.05, 4.69) is 42.0 Å². The zero-order chi connectivity index (χ0) is 21.9. The number of rotatable bonds is 4. The van der Waals surface area contributed by atoms with Gasteiger partial charge >= 0.3 is 0 Å². The molecule has 1 fully saturated rings. The van der Waals surface area contributed by atoms with Gasteiger partial charge in [0.15, 0.2) is 0 Å². The molecule has 0 atom stereocenters. The van der Waals surface area contributed by atoms with Crippen LogP contribution in [-0.4, -0.2) is 30.7 Å². The van der Waals surface area contributed by atoms with Gasteiger partial charge in [-0.1, -0.05) is 26.8 Å². The number of nitrogens with one attached hydrogen (secondary N) is 1. The summed E-state index contributed by atoms with van der Waals surface area (Å²) >= 11 is 0. The number of pyridine rings is 1. The first-order valence-electron chi connectivity index (χ1n) is 10.3. The summed E-state index contributed by atoms with van der Waals surface area (Å²) in [5.41, 5.74) is 2.69. The zero-order valence-electron chi connectivity index (χ0n) is 18.1. The predicted octanol–water partition coefficient (Wildman–Crippen LogP) is 4.54. The highest BCUT2D eigenvalue weighted by Crippen LogP contribution is 2.32. The van der Waals surface area contributed by atoms with E-state index in [0.29, 0.717) is 28.6 Å². The Morgan fingerprint density at radius 1 is 1.17 bits per heavy atom. The quantitative estimate of drug-likeness (QED) is 0.808. The van der Waals surface area contributed by atoms with E-state index in [1.54, 1.807) is 12.1 Å². The van der Waals surface area contributed by atoms with E-state index in [9.17, 15) is 9.65 Å². The number of aryl methyl sites for hydroxylation is 1. The van der Waals surface area contributed by atoms with E-state index in [0.717, 1.165) is 38.2 Å². The van der Waals surface area contributed by atoms with Crippen LogP contribution in [0.4, 0.5) is 10.2 Å². The lowest BCUT2D eigenvalue weighted by Crippen LogP contribution is -2.45. The van der Waals surface area contributed by atoms with Crippen molar-refractivity contribution in [1.82, 2.24) is 10.3 Å². The first-order chi connectivity index (χ1) is 14.2. The number of benzene rings is 1. The van der Waals surface area contributed by atoms with Gasteiger partial charge in [0.2, 0.25) is 0 Å². The summed E-state index contributed by atoms with van der Waals surface area (Å²) < 4.78 is 14.2. The minimum atomic E-state index is -0.583. The summed E-state index contributed by atoms with van der Waals surface area (Å²) in [4.78, 5) is 6.81. The Labute approximate surface area is 178 Å². The number of piperidine rings is 1. The van der Waals surface area contributed by atoms with Crippen LogP contribution in [0.5, 0.6) is 0 Å². The second kappa shape index (κ2) is 8.81. The average molecular weight is 406 g/mol. The van der Waals surface area contributed by atoms with Crippen molar-refractivity contribution in [3.63, 3.8) is 0 Å². The van der Waals surface area contributed by atoms with Crippen LogP contribution >= 0.6 is 0 Å². The van der Waals surface area contributed by atoms with Gasteiger partial charge in [-0.15, -0.1) is 0 Å². The summed E-state index contributed by atoms with van der Waals surface area (Å²) in [5.74, 6) is 0.0761. The van der Waals surface area contributed by atoms with Gasteiger partial charge in [-0.2, -0.15) is 10.5 Å². The summed E-state index contributed by atoms with van der Waals surface area (Å²) in [6.45, 7) is 11.1. The Kier molecular flexibility index (Phi) is 6.39. The SMILES string of the molecule is Cc1cc(-c2ccc(C#N)c(F)c2)c(C#N)c(N2CCC(NCC(C)(C)C)CC2)n1. The molecule has 0 bridgehead atoms. The number of aromatic nitrogens is 1. The van der Waals surface area contributed by atoms with Crippen LogP contribution in [0.2, 0.25) is 0 Å². The molecule has 1 N–H and O–H groups in total. The first kappa shape index (κ1) is 21.7. The standard InChI is InChI=1S/C24H28FN5/c1-16-11-20(17-5-6-18(13-26)22(25)12-17)21(14-27)23(29-16)30-9-7-19(8-10-30)28-15-24(2,3)4/h5-6,11-12,19,28H,7-10,15H2,1-4H3. The van der Waals surface area contributed by atoms with Crippen molar-refractivity contribution < 1.29 is 4.39 Å². The molecule has 30 heavy (non-hydrogen) atoms. The Bertz CT molecular complexity index is 1000. The molecule has 0 spiro atoms. The van der Waals surface area contributed by atoms with Gasteiger partial charge in [0.25, 0.3) is 0 Å². The van der Waals surface area contributed by atoms with Crippen molar-refractivity contribution >= 4 is 5.82 Å². The van der Waals surface area contributed by atoms with Crippen molar-refractivity contribution in [2.45, 2.75) is 46.6 Å². The second-order valence-corrected chi connectivity index (χ2v) is 9.13. The molecule has 2 heterocycles. The van der Waals surface area contributed by atoms with Crippen LogP contribution in [0.15, 0.2) is 24.3 Å². The maximum Gasteiger partial charge on any atom is 0.147 e. The normalized spacial score (nSPS) is 15.0. The van der Waals surface area contributed by atoms with Gasteiger partial charge in [0.05, 0.1) is 5.56 Å². The third-order valence-electron chi connectivity index (χ3n) is 5.36. The molecule has 1 aromatic heterocycles. The Morgan fingerprint density at radius 3 is 2.43 bits per heavy atom. The van der Waals surface area contributed by atoms with Gasteiger partial charge in [0.1, 0.15) is 29.3 Å². The van der Waals surface area contributed by atoms with Crippen LogP contribution in [0.1, 0.15) is 50.4 Å². The smallest absolute Gasteiger partial charge is 0.147 e. The molecule has 1 saturated heterocycles. The number of hydrogen-bond acceptors (Lipinski definition) is 5. The summed E-state index contributed by atoms with van der Waals surface area (Å²) in [6, 6.07) is 10.8. The van der Waals surface area contributed by atoms with Crippen LogP contribution in [0.25, 0.3) is 11.1 Å². The molecule has 1 aliphatic rings. The van der Waals surface area contributed by atoms with Crippen LogP contribution < -0.4 is 10.2 Å². The fourth-order valence-electron chi connectivity index (χ4n) is 3.74. The maximum atomic E-state index is 14.2. The fourth-order valence-corrected chi connectivity index (χ4v) is 3.74. The van der Waals surface area contributed by atoms with Crippen molar-refractivity contribution in [3.8, 4) is 23.3 Å². The fraction of sp³-hybridized carbons (Fsp3) is 0.458. The highest BCUT2D eigenvalue weighted by molar-refractivity contribution is 5.77. The highest BCUT2D eigenvalue weighted by Gasteiger charge is 2.25. The van der Waals surface area contributed by atoms with E-state index in [-0.39, 0.29) is 11.0 Å². The van der Waals surface area contributed by atoms with E-state index < -0.39 is 5.82 Å². The molecule has 0 unspecified atom stereocenters. The Balaban J connectivity index is 1.86. The lowest BCUT2D eigenvalue weighted by atomic mass is 9.95. The molecule has 0 amide bonds. The minimum Gasteiger partial charge on any atom is -0.355 e. The van der Waals surface area contributed by atoms with E-state index >= 15 is 0 Å². The topological polar surface area (TPSA) is 75.7 Å². The van der Waals surface area contributed by atoms with Crippen LogP contribution in [-0.2, 0) is 0 Å². The van der Waals surface area contributed by atoms with Gasteiger partial charge in [-0.25, -0.2) is 9.37 Å². The summed E-state index contributed by atoms with van der Waals surface area (Å²) in [7, 11) is 0. The van der Waals surface area contributed by atoms with Crippen molar-refractivity contribution in [2.75, 3.05) is 24.5 Å². The van der Waals surface area contributed by atoms with E-state index in [1.165, 1.54) is 12.1 Å². The molecule has 0 aliphatic carbocycles. The molecular weight excluding hydrogens is 377 g/mol. The Morgan fingerprint density at radius 2 is 1.87 bits per heavy atom. The third kappa shape index (κ3) is 4.96. The van der Waals surface area contributed by atoms with Gasteiger partial charge in [-0.05, 0) is 48.9 Å². The average Bonchev–Trinajstić information content (AvgIpc) is 2.71. The Hall–Kier alpha value is -2.96. The van der Waals surface area contributed by atoms with Gasteiger partial charge in [-0.3, -0.25) is 0 Å². The monoisotopic (exact) mass is 405 g/mol. The molecule has 0 radical (unpaired) electrons. The highest BCUT2D eigenvalue weighted by atomic mass is 19.1. The lowest BCUT2D eigenvalue weighted by molar-refractivity contribution is 0.324. The molecular formula is C24H28FN5. The molecule has 1 aromatic carbocycles. The van der Waals surface area contributed by atoms with E-state index in [4.69, 9.17) is 5.26 Å². The number of halogens is 1. The molecule has 3 rings (SSSR count). The van der Waals surface area contributed by atoms with Crippen LogP contribution in [0.3, 0.4) is 0 Å². The predicted molar refractivity (Wildman–Crippen MR) is 116 cm³/mol. The largest absolute Gasteiger partial charge is 0.355 e. The van der Waals surface area contributed by atoms with Crippen molar-refractivity contribution in [2.24, 2.45) is 5.41 Å². The summed E-state index contributed by atoms with van der Waals surface area (Å²) in [6.07, 6.45) is 1.97. The number of hydrogen-bond donors (Lipinski definition) is 1. The van der Waals surface area contributed by atoms with Gasteiger partial charge in [0, 0.05) is 36.9 Å². The van der Waals surface area contributed by atoms with Crippen molar-refractivity contribution in [3.05, 3.63) is 46.9 Å². The lowest BCUT2D eigenvalue weighted by Gasteiger charge is -2.35. The minimum absolute atomic E-state index is 0.00640. The molecule has 156 valence electrons. The maximum absolute atomic E-state index is 14.2. The first-order valence-corrected chi connectivity index (χ1v) is 10.3. The second-order valence-electron chi connectivity index (χ2n) is 9.13. The number of anilines is 1. The molecule has 1 aliphatic heterocycles. The number of nitrogens with zero attached hydrogens (tertiary/aromatic N) is 4. The zero-order valence-corrected chi connectivity index (χ0v) is 18.1. The summed E-state index contributed by atoms with van der Waals surface area (Å²) in [5, 5.41) is 22.5. The molecule has 0 saturated carbocycles. The third-order valence-corrected chi connectivity index (χ3v) is 5.36. The molecule has 5 nitrogen and oxygen atoms in total. The molecule has 2 aromatic rings. The van der Waals surface area contributed by atoms with E-state index in [1.807, 2.05) is 13.0 Å². The number of nitriles is 2. The van der Waals surface area contributed by atoms with Crippen LogP contribution in [0, 0.1) is 40.8 Å². The molecule has 6 heteroatoms.